The second-order valence-corrected chi connectivity index (χ2v) is 7.00. The van der Waals surface area contributed by atoms with Crippen molar-refractivity contribution in [3.63, 3.8) is 0 Å². The molecule has 2 saturated carbocycles. The Bertz CT molecular complexity index is 398. The summed E-state index contributed by atoms with van der Waals surface area (Å²) in [5.41, 5.74) is 0. The van der Waals surface area contributed by atoms with Crippen LogP contribution in [0.2, 0.25) is 0 Å². The molecule has 0 bridgehead atoms. The Morgan fingerprint density at radius 1 is 1.14 bits per heavy atom. The van der Waals surface area contributed by atoms with Crippen LogP contribution in [-0.4, -0.2) is 48.2 Å². The third-order valence-corrected chi connectivity index (χ3v) is 5.30. The Morgan fingerprint density at radius 3 is 2.45 bits per heavy atom. The lowest BCUT2D eigenvalue weighted by Crippen LogP contribution is -2.45. The van der Waals surface area contributed by atoms with Crippen LogP contribution in [0.4, 0.5) is 0 Å². The number of carbonyl (C=O) groups is 2. The Hall–Kier alpha value is -1.10. The standard InChI is InChI=1S/C17H29NO4/c1-12-6-7-15(10-12)18(8-9-22-2)16(19)13-4-3-5-14(11-13)17(20)21/h12-15H,3-11H2,1-2H3,(H,20,21)/t12?,13-,14+,15?/m1/s1. The molecule has 1 amide bonds. The van der Waals surface area contributed by atoms with E-state index in [9.17, 15) is 14.7 Å². The van der Waals surface area contributed by atoms with Gasteiger partial charge in [0.2, 0.25) is 5.91 Å². The van der Waals surface area contributed by atoms with Crippen LogP contribution in [0.5, 0.6) is 0 Å². The number of hydrogen-bond donors (Lipinski definition) is 1. The molecule has 2 rings (SSSR count). The van der Waals surface area contributed by atoms with E-state index < -0.39 is 5.97 Å². The lowest BCUT2D eigenvalue weighted by Gasteiger charge is -2.35. The number of rotatable bonds is 6. The van der Waals surface area contributed by atoms with Crippen molar-refractivity contribution < 1.29 is 19.4 Å². The summed E-state index contributed by atoms with van der Waals surface area (Å²) < 4.78 is 5.17. The van der Waals surface area contributed by atoms with E-state index in [1.165, 1.54) is 6.42 Å². The van der Waals surface area contributed by atoms with Crippen LogP contribution in [-0.2, 0) is 14.3 Å². The largest absolute Gasteiger partial charge is 0.481 e. The summed E-state index contributed by atoms with van der Waals surface area (Å²) in [4.78, 5) is 26.2. The Kier molecular flexibility index (Phi) is 6.24. The average molecular weight is 311 g/mol. The maximum absolute atomic E-state index is 12.9. The van der Waals surface area contributed by atoms with Gasteiger partial charge in [0.1, 0.15) is 0 Å². The number of amides is 1. The van der Waals surface area contributed by atoms with E-state index in [2.05, 4.69) is 6.92 Å². The van der Waals surface area contributed by atoms with E-state index in [4.69, 9.17) is 4.74 Å². The molecule has 4 atom stereocenters. The van der Waals surface area contributed by atoms with E-state index >= 15 is 0 Å². The highest BCUT2D eigenvalue weighted by atomic mass is 16.5. The van der Waals surface area contributed by atoms with Gasteiger partial charge in [0, 0.05) is 25.6 Å². The van der Waals surface area contributed by atoms with Gasteiger partial charge in [-0.05, 0) is 44.4 Å². The van der Waals surface area contributed by atoms with Gasteiger partial charge in [0.15, 0.2) is 0 Å². The van der Waals surface area contributed by atoms with Crippen molar-refractivity contribution in [3.05, 3.63) is 0 Å². The number of nitrogens with zero attached hydrogens (tertiary/aromatic N) is 1. The summed E-state index contributed by atoms with van der Waals surface area (Å²) in [5, 5.41) is 9.22. The molecular formula is C17H29NO4. The molecule has 22 heavy (non-hydrogen) atoms. The van der Waals surface area contributed by atoms with Crippen LogP contribution < -0.4 is 0 Å². The molecule has 0 radical (unpaired) electrons. The maximum atomic E-state index is 12.9. The van der Waals surface area contributed by atoms with Crippen LogP contribution in [0.25, 0.3) is 0 Å². The quantitative estimate of drug-likeness (QED) is 0.818. The SMILES string of the molecule is COCCN(C(=O)[C@@H]1CCC[C@H](C(=O)O)C1)C1CCC(C)C1. The van der Waals surface area contributed by atoms with Gasteiger partial charge in [-0.15, -0.1) is 0 Å². The molecule has 2 unspecified atom stereocenters. The summed E-state index contributed by atoms with van der Waals surface area (Å²) in [6, 6.07) is 0.308. The molecule has 0 aromatic carbocycles. The molecule has 1 N–H and O–H groups in total. The normalized spacial score (nSPS) is 31.9. The molecule has 0 aliphatic heterocycles. The molecule has 2 fully saturated rings. The predicted octanol–water partition coefficient (Wildman–Crippen LogP) is 2.54. The molecule has 5 heteroatoms. The number of hydrogen-bond acceptors (Lipinski definition) is 3. The fourth-order valence-corrected chi connectivity index (χ4v) is 4.00. The van der Waals surface area contributed by atoms with Gasteiger partial charge < -0.3 is 14.7 Å². The van der Waals surface area contributed by atoms with Crippen LogP contribution in [0.1, 0.15) is 51.9 Å². The molecule has 126 valence electrons. The number of methoxy groups -OCH3 is 1. The third-order valence-electron chi connectivity index (χ3n) is 5.30. The molecule has 2 aliphatic rings. The van der Waals surface area contributed by atoms with Crippen LogP contribution in [0.15, 0.2) is 0 Å². The molecule has 0 heterocycles. The zero-order valence-corrected chi connectivity index (χ0v) is 13.8. The second kappa shape index (κ2) is 7.95. The maximum Gasteiger partial charge on any atom is 0.306 e. The Balaban J connectivity index is 2.02. The minimum Gasteiger partial charge on any atom is -0.481 e. The molecule has 0 spiro atoms. The van der Waals surface area contributed by atoms with Crippen molar-refractivity contribution in [1.29, 1.82) is 0 Å². The summed E-state index contributed by atoms with van der Waals surface area (Å²) in [7, 11) is 1.65. The van der Waals surface area contributed by atoms with Crippen LogP contribution >= 0.6 is 0 Å². The highest BCUT2D eigenvalue weighted by Crippen LogP contribution is 2.34. The number of carboxylic acids is 1. The average Bonchev–Trinajstić information content (AvgIpc) is 2.94. The van der Waals surface area contributed by atoms with Gasteiger partial charge in [-0.2, -0.15) is 0 Å². The van der Waals surface area contributed by atoms with Crippen molar-refractivity contribution in [1.82, 2.24) is 4.90 Å². The highest BCUT2D eigenvalue weighted by Gasteiger charge is 2.37. The number of aliphatic carboxylic acids is 1. The summed E-state index contributed by atoms with van der Waals surface area (Å²) >= 11 is 0. The summed E-state index contributed by atoms with van der Waals surface area (Å²) in [6.07, 6.45) is 6.17. The molecule has 0 aromatic rings. The molecule has 2 aliphatic carbocycles. The van der Waals surface area contributed by atoms with Crippen molar-refractivity contribution in [2.45, 2.75) is 57.9 Å². The minimum atomic E-state index is -0.754. The third kappa shape index (κ3) is 4.22. The molecular weight excluding hydrogens is 282 g/mol. The summed E-state index contributed by atoms with van der Waals surface area (Å²) in [5.74, 6) is -0.407. The van der Waals surface area contributed by atoms with E-state index in [0.29, 0.717) is 38.0 Å². The summed E-state index contributed by atoms with van der Waals surface area (Å²) in [6.45, 7) is 3.41. The van der Waals surface area contributed by atoms with E-state index in [1.807, 2.05) is 4.90 Å². The molecule has 5 nitrogen and oxygen atoms in total. The van der Waals surface area contributed by atoms with Crippen LogP contribution in [0, 0.1) is 17.8 Å². The fourth-order valence-electron chi connectivity index (χ4n) is 4.00. The lowest BCUT2D eigenvalue weighted by molar-refractivity contribution is -0.146. The number of ether oxygens (including phenoxy) is 1. The van der Waals surface area contributed by atoms with E-state index in [1.54, 1.807) is 7.11 Å². The van der Waals surface area contributed by atoms with Crippen molar-refractivity contribution in [2.75, 3.05) is 20.3 Å². The first-order chi connectivity index (χ1) is 10.5. The van der Waals surface area contributed by atoms with Crippen molar-refractivity contribution in [3.8, 4) is 0 Å². The fraction of sp³-hybridized carbons (Fsp3) is 0.882. The Morgan fingerprint density at radius 2 is 1.86 bits per heavy atom. The Labute approximate surface area is 133 Å². The topological polar surface area (TPSA) is 66.8 Å². The first kappa shape index (κ1) is 17.3. The van der Waals surface area contributed by atoms with Gasteiger partial charge in [-0.1, -0.05) is 13.3 Å². The first-order valence-electron chi connectivity index (χ1n) is 8.55. The monoisotopic (exact) mass is 311 g/mol. The van der Waals surface area contributed by atoms with Gasteiger partial charge in [-0.25, -0.2) is 0 Å². The molecule has 0 aromatic heterocycles. The minimum absolute atomic E-state index is 0.123. The van der Waals surface area contributed by atoms with Gasteiger partial charge in [-0.3, -0.25) is 9.59 Å². The zero-order valence-electron chi connectivity index (χ0n) is 13.8. The second-order valence-electron chi connectivity index (χ2n) is 7.00. The predicted molar refractivity (Wildman–Crippen MR) is 83.5 cm³/mol. The smallest absolute Gasteiger partial charge is 0.306 e. The van der Waals surface area contributed by atoms with Crippen molar-refractivity contribution >= 4 is 11.9 Å². The van der Waals surface area contributed by atoms with Gasteiger partial charge in [0.25, 0.3) is 0 Å². The van der Waals surface area contributed by atoms with Crippen molar-refractivity contribution in [2.24, 2.45) is 17.8 Å². The van der Waals surface area contributed by atoms with Crippen LogP contribution in [0.3, 0.4) is 0 Å². The van der Waals surface area contributed by atoms with E-state index in [0.717, 1.165) is 25.7 Å². The number of carbonyl (C=O) groups excluding carboxylic acids is 1. The zero-order chi connectivity index (χ0) is 16.1. The highest BCUT2D eigenvalue weighted by molar-refractivity contribution is 5.80. The van der Waals surface area contributed by atoms with E-state index in [-0.39, 0.29) is 17.7 Å². The lowest BCUT2D eigenvalue weighted by atomic mass is 9.80. The number of carboxylic acid groups (broad SMARTS) is 1. The molecule has 0 saturated heterocycles. The first-order valence-corrected chi connectivity index (χ1v) is 8.55. The van der Waals surface area contributed by atoms with Gasteiger partial charge >= 0.3 is 5.97 Å². The van der Waals surface area contributed by atoms with Gasteiger partial charge in [0.05, 0.1) is 12.5 Å².